The summed E-state index contributed by atoms with van der Waals surface area (Å²) in [5.41, 5.74) is 1.26. The molecule has 1 amide bonds. The summed E-state index contributed by atoms with van der Waals surface area (Å²) in [5, 5.41) is 7.01. The van der Waals surface area contributed by atoms with Gasteiger partial charge < -0.3 is 4.90 Å². The van der Waals surface area contributed by atoms with E-state index in [2.05, 4.69) is 24.0 Å². The lowest BCUT2D eigenvalue weighted by Crippen LogP contribution is -2.37. The summed E-state index contributed by atoms with van der Waals surface area (Å²) >= 11 is 0. The van der Waals surface area contributed by atoms with Gasteiger partial charge in [0, 0.05) is 31.9 Å². The van der Waals surface area contributed by atoms with Crippen molar-refractivity contribution < 1.29 is 17.6 Å². The predicted octanol–water partition coefficient (Wildman–Crippen LogP) is 2.28. The zero-order valence-electron chi connectivity index (χ0n) is 16.1. The van der Waals surface area contributed by atoms with E-state index in [1.54, 1.807) is 11.0 Å². The van der Waals surface area contributed by atoms with Crippen LogP contribution in [0.25, 0.3) is 0 Å². The van der Waals surface area contributed by atoms with Crippen molar-refractivity contribution in [1.82, 2.24) is 19.4 Å². The molecule has 1 saturated heterocycles. The second-order valence-corrected chi connectivity index (χ2v) is 9.32. The first kappa shape index (κ1) is 20.5. The van der Waals surface area contributed by atoms with Crippen LogP contribution in [0.1, 0.15) is 36.5 Å². The molecular weight excluding hydrogens is 383 g/mol. The van der Waals surface area contributed by atoms with Gasteiger partial charge in [0.05, 0.1) is 4.90 Å². The molecule has 1 fully saturated rings. The lowest BCUT2D eigenvalue weighted by atomic mass is 10.1. The van der Waals surface area contributed by atoms with E-state index in [-0.39, 0.29) is 23.9 Å². The lowest BCUT2D eigenvalue weighted by molar-refractivity contribution is 0.0758. The summed E-state index contributed by atoms with van der Waals surface area (Å²) in [6, 6.07) is 6.55. The number of amides is 1. The standard InChI is InChI=1S/C19H25FN4O3S/c1-14(2)12-16-13-18(22-21-16)19(25)23-8-3-9-24(11-10-23)28(26,27)17-6-4-15(20)5-7-17/h4-7,13-14H,3,8-12H2,1-2H3,(H,21,22). The number of nitrogens with zero attached hydrogens (tertiary/aromatic N) is 3. The smallest absolute Gasteiger partial charge is 0.274 e. The molecule has 9 heteroatoms. The number of hydrogen-bond acceptors (Lipinski definition) is 4. The van der Waals surface area contributed by atoms with E-state index in [4.69, 9.17) is 0 Å². The van der Waals surface area contributed by atoms with E-state index in [0.29, 0.717) is 31.1 Å². The first-order valence-corrected chi connectivity index (χ1v) is 10.8. The minimum Gasteiger partial charge on any atom is -0.336 e. The van der Waals surface area contributed by atoms with Crippen molar-refractivity contribution in [2.75, 3.05) is 26.2 Å². The molecule has 3 rings (SSSR count). The summed E-state index contributed by atoms with van der Waals surface area (Å²) in [5.74, 6) is -0.235. The molecule has 1 aromatic heterocycles. The Morgan fingerprint density at radius 3 is 2.57 bits per heavy atom. The molecule has 0 saturated carbocycles. The molecule has 0 aliphatic carbocycles. The number of carbonyl (C=O) groups is 1. The van der Waals surface area contributed by atoms with Crippen LogP contribution in [0.15, 0.2) is 35.2 Å². The fourth-order valence-electron chi connectivity index (χ4n) is 3.27. The molecule has 7 nitrogen and oxygen atoms in total. The Labute approximate surface area is 164 Å². The van der Waals surface area contributed by atoms with Gasteiger partial charge in [-0.05, 0) is 49.1 Å². The zero-order chi connectivity index (χ0) is 20.3. The average Bonchev–Trinajstić information content (AvgIpc) is 2.95. The van der Waals surface area contributed by atoms with Crippen molar-refractivity contribution in [2.24, 2.45) is 5.92 Å². The number of H-pyrrole nitrogens is 1. The molecular formula is C19H25FN4O3S. The molecule has 0 spiro atoms. The van der Waals surface area contributed by atoms with E-state index in [0.717, 1.165) is 24.2 Å². The van der Waals surface area contributed by atoms with Crippen LogP contribution in [0.4, 0.5) is 4.39 Å². The van der Waals surface area contributed by atoms with Gasteiger partial charge in [0.1, 0.15) is 11.5 Å². The van der Waals surface area contributed by atoms with Gasteiger partial charge in [0.15, 0.2) is 0 Å². The maximum atomic E-state index is 13.1. The molecule has 1 aliphatic rings. The zero-order valence-corrected chi connectivity index (χ0v) is 16.9. The Morgan fingerprint density at radius 2 is 1.89 bits per heavy atom. The average molecular weight is 408 g/mol. The quantitative estimate of drug-likeness (QED) is 0.822. The lowest BCUT2D eigenvalue weighted by Gasteiger charge is -2.21. The summed E-state index contributed by atoms with van der Waals surface area (Å²) in [7, 11) is -3.72. The van der Waals surface area contributed by atoms with Crippen molar-refractivity contribution in [3.8, 4) is 0 Å². The van der Waals surface area contributed by atoms with Crippen LogP contribution >= 0.6 is 0 Å². The van der Waals surface area contributed by atoms with Gasteiger partial charge in [-0.1, -0.05) is 13.8 Å². The highest BCUT2D eigenvalue weighted by Gasteiger charge is 2.29. The number of benzene rings is 1. The van der Waals surface area contributed by atoms with Crippen LogP contribution in [-0.2, 0) is 16.4 Å². The Balaban J connectivity index is 1.68. The molecule has 0 atom stereocenters. The number of nitrogens with one attached hydrogen (secondary N) is 1. The van der Waals surface area contributed by atoms with Crippen molar-refractivity contribution in [3.05, 3.63) is 47.5 Å². The number of sulfonamides is 1. The molecule has 2 heterocycles. The highest BCUT2D eigenvalue weighted by Crippen LogP contribution is 2.19. The van der Waals surface area contributed by atoms with Crippen LogP contribution < -0.4 is 0 Å². The molecule has 2 aromatic rings. The normalized spacial score (nSPS) is 16.4. The third-order valence-electron chi connectivity index (χ3n) is 4.67. The van der Waals surface area contributed by atoms with Gasteiger partial charge in [-0.15, -0.1) is 0 Å². The van der Waals surface area contributed by atoms with Gasteiger partial charge in [-0.2, -0.15) is 9.40 Å². The molecule has 0 unspecified atom stereocenters. The first-order chi connectivity index (χ1) is 13.3. The van der Waals surface area contributed by atoms with Crippen LogP contribution in [0.3, 0.4) is 0 Å². The van der Waals surface area contributed by atoms with Crippen molar-refractivity contribution in [1.29, 1.82) is 0 Å². The third-order valence-corrected chi connectivity index (χ3v) is 6.58. The molecule has 0 bridgehead atoms. The number of aromatic amines is 1. The third kappa shape index (κ3) is 4.59. The second-order valence-electron chi connectivity index (χ2n) is 7.38. The maximum absolute atomic E-state index is 13.1. The summed E-state index contributed by atoms with van der Waals surface area (Å²) < 4.78 is 40.0. The highest BCUT2D eigenvalue weighted by atomic mass is 32.2. The summed E-state index contributed by atoms with van der Waals surface area (Å²) in [4.78, 5) is 14.4. The van der Waals surface area contributed by atoms with E-state index in [1.807, 2.05) is 0 Å². The van der Waals surface area contributed by atoms with E-state index in [9.17, 15) is 17.6 Å². The van der Waals surface area contributed by atoms with Gasteiger partial charge in [-0.3, -0.25) is 9.89 Å². The SMILES string of the molecule is CC(C)Cc1cc(C(=O)N2CCCN(S(=O)(=O)c3ccc(F)cc3)CC2)n[nH]1. The molecule has 152 valence electrons. The highest BCUT2D eigenvalue weighted by molar-refractivity contribution is 7.89. The number of hydrogen-bond donors (Lipinski definition) is 1. The minimum absolute atomic E-state index is 0.0549. The topological polar surface area (TPSA) is 86.4 Å². The Hall–Kier alpha value is -2.26. The van der Waals surface area contributed by atoms with Crippen LogP contribution in [0.5, 0.6) is 0 Å². The Morgan fingerprint density at radius 1 is 1.18 bits per heavy atom. The molecule has 1 aromatic carbocycles. The van der Waals surface area contributed by atoms with Gasteiger partial charge in [0.2, 0.25) is 10.0 Å². The van der Waals surface area contributed by atoms with Crippen molar-refractivity contribution >= 4 is 15.9 Å². The first-order valence-electron chi connectivity index (χ1n) is 9.36. The number of carbonyl (C=O) groups excluding carboxylic acids is 1. The monoisotopic (exact) mass is 408 g/mol. The summed E-state index contributed by atoms with van der Waals surface area (Å²) in [6.45, 7) is 5.42. The van der Waals surface area contributed by atoms with Crippen molar-refractivity contribution in [3.63, 3.8) is 0 Å². The number of rotatable bonds is 5. The van der Waals surface area contributed by atoms with E-state index < -0.39 is 15.8 Å². The largest absolute Gasteiger partial charge is 0.336 e. The van der Waals surface area contributed by atoms with Crippen molar-refractivity contribution in [2.45, 2.75) is 31.6 Å². The molecule has 1 aliphatic heterocycles. The van der Waals surface area contributed by atoms with Crippen LogP contribution in [-0.4, -0.2) is 59.9 Å². The maximum Gasteiger partial charge on any atom is 0.274 e. The van der Waals surface area contributed by atoms with Gasteiger partial charge in [-0.25, -0.2) is 12.8 Å². The Kier molecular flexibility index (Phi) is 6.14. The van der Waals surface area contributed by atoms with Gasteiger partial charge in [0.25, 0.3) is 5.91 Å². The Bertz CT molecular complexity index is 925. The van der Waals surface area contributed by atoms with Gasteiger partial charge >= 0.3 is 0 Å². The molecule has 1 N–H and O–H groups in total. The predicted molar refractivity (Wildman–Crippen MR) is 103 cm³/mol. The molecule has 28 heavy (non-hydrogen) atoms. The fraction of sp³-hybridized carbons (Fsp3) is 0.474. The number of aromatic nitrogens is 2. The number of halogens is 1. The minimum atomic E-state index is -3.72. The summed E-state index contributed by atoms with van der Waals surface area (Å²) in [6.07, 6.45) is 1.33. The van der Waals surface area contributed by atoms with E-state index >= 15 is 0 Å². The molecule has 0 radical (unpaired) electrons. The second kappa shape index (κ2) is 8.40. The van der Waals surface area contributed by atoms with Crippen LogP contribution in [0.2, 0.25) is 0 Å². The fourth-order valence-corrected chi connectivity index (χ4v) is 4.74. The van der Waals surface area contributed by atoms with E-state index in [1.165, 1.54) is 16.4 Å². The van der Waals surface area contributed by atoms with Crippen LogP contribution in [0, 0.1) is 11.7 Å².